The summed E-state index contributed by atoms with van der Waals surface area (Å²) in [5.41, 5.74) is 7.47. The molecule has 2 rings (SSSR count). The molecule has 0 amide bonds. The van der Waals surface area contributed by atoms with Gasteiger partial charge >= 0.3 is 0 Å². The minimum absolute atomic E-state index is 0.418. The Balaban J connectivity index is 1.86. The lowest BCUT2D eigenvalue weighted by molar-refractivity contribution is 0.314. The van der Waals surface area contributed by atoms with Gasteiger partial charge in [0.05, 0.1) is 0 Å². The number of hydrogen-bond donors (Lipinski definition) is 2. The lowest BCUT2D eigenvalue weighted by Gasteiger charge is -2.26. The van der Waals surface area contributed by atoms with E-state index in [4.69, 9.17) is 18.0 Å². The molecule has 4 nitrogen and oxygen atoms in total. The van der Waals surface area contributed by atoms with Crippen molar-refractivity contribution in [3.63, 3.8) is 0 Å². The zero-order valence-electron chi connectivity index (χ0n) is 11.2. The number of nitrogens with zero attached hydrogens (tertiary/aromatic N) is 2. The summed E-state index contributed by atoms with van der Waals surface area (Å²) < 4.78 is 0. The number of rotatable bonds is 5. The van der Waals surface area contributed by atoms with Gasteiger partial charge in [-0.1, -0.05) is 12.2 Å². The second kappa shape index (κ2) is 7.07. The predicted molar refractivity (Wildman–Crippen MR) is 87.1 cm³/mol. The van der Waals surface area contributed by atoms with E-state index in [1.807, 2.05) is 30.8 Å². The highest BCUT2D eigenvalue weighted by atomic mass is 32.2. The Labute approximate surface area is 124 Å². The molecular weight excluding hydrogens is 276 g/mol. The molecule has 19 heavy (non-hydrogen) atoms. The van der Waals surface area contributed by atoms with E-state index < -0.39 is 0 Å². The molecule has 1 saturated heterocycles. The fourth-order valence-corrected chi connectivity index (χ4v) is 3.16. The van der Waals surface area contributed by atoms with Crippen molar-refractivity contribution >= 4 is 34.8 Å². The van der Waals surface area contributed by atoms with Gasteiger partial charge in [0.1, 0.15) is 10.8 Å². The first kappa shape index (κ1) is 14.6. The molecule has 1 fully saturated rings. The SMILES string of the molecule is Cc1cc(C(N)=S)cc(NCCN2CCSCC2)n1. The highest BCUT2D eigenvalue weighted by molar-refractivity contribution is 7.99. The first-order chi connectivity index (χ1) is 9.15. The Morgan fingerprint density at radius 1 is 1.47 bits per heavy atom. The van der Waals surface area contributed by atoms with Crippen LogP contribution in [-0.2, 0) is 0 Å². The van der Waals surface area contributed by atoms with Crippen LogP contribution in [-0.4, -0.2) is 52.6 Å². The van der Waals surface area contributed by atoms with Crippen LogP contribution in [0.1, 0.15) is 11.3 Å². The summed E-state index contributed by atoms with van der Waals surface area (Å²) in [6, 6.07) is 3.83. The number of hydrogen-bond acceptors (Lipinski definition) is 5. The van der Waals surface area contributed by atoms with Crippen LogP contribution >= 0.6 is 24.0 Å². The Hall–Kier alpha value is -0.850. The molecule has 3 N–H and O–H groups in total. The second-order valence-corrected chi connectivity index (χ2v) is 6.29. The Morgan fingerprint density at radius 3 is 2.89 bits per heavy atom. The molecule has 0 bridgehead atoms. The van der Waals surface area contributed by atoms with Crippen LogP contribution in [0.15, 0.2) is 12.1 Å². The van der Waals surface area contributed by atoms with Gasteiger partial charge in [-0.15, -0.1) is 0 Å². The maximum atomic E-state index is 5.66. The monoisotopic (exact) mass is 296 g/mol. The van der Waals surface area contributed by atoms with Gasteiger partial charge < -0.3 is 11.1 Å². The van der Waals surface area contributed by atoms with Gasteiger partial charge in [0.25, 0.3) is 0 Å². The van der Waals surface area contributed by atoms with Gasteiger partial charge in [0.2, 0.25) is 0 Å². The molecule has 0 atom stereocenters. The van der Waals surface area contributed by atoms with E-state index in [1.54, 1.807) is 0 Å². The third kappa shape index (κ3) is 4.63. The average molecular weight is 296 g/mol. The van der Waals surface area contributed by atoms with Crippen molar-refractivity contribution < 1.29 is 0 Å². The highest BCUT2D eigenvalue weighted by Gasteiger charge is 2.09. The Kier molecular flexibility index (Phi) is 5.42. The van der Waals surface area contributed by atoms with Crippen LogP contribution in [0, 0.1) is 6.92 Å². The topological polar surface area (TPSA) is 54.2 Å². The number of nitrogens with one attached hydrogen (secondary N) is 1. The molecule has 104 valence electrons. The van der Waals surface area contributed by atoms with Gasteiger partial charge in [0, 0.05) is 48.9 Å². The van der Waals surface area contributed by atoms with Crippen molar-refractivity contribution in [1.82, 2.24) is 9.88 Å². The number of thioether (sulfide) groups is 1. The number of thiocarbonyl (C=S) groups is 1. The van der Waals surface area contributed by atoms with E-state index in [0.29, 0.717) is 4.99 Å². The minimum atomic E-state index is 0.418. The summed E-state index contributed by atoms with van der Waals surface area (Å²) in [5, 5.41) is 3.35. The number of aromatic nitrogens is 1. The van der Waals surface area contributed by atoms with E-state index in [0.717, 1.165) is 30.2 Å². The molecular formula is C13H20N4S2. The van der Waals surface area contributed by atoms with Gasteiger partial charge in [-0.25, -0.2) is 4.98 Å². The first-order valence-electron chi connectivity index (χ1n) is 6.47. The summed E-state index contributed by atoms with van der Waals surface area (Å²) in [5.74, 6) is 3.34. The minimum Gasteiger partial charge on any atom is -0.389 e. The maximum absolute atomic E-state index is 5.66. The summed E-state index contributed by atoms with van der Waals surface area (Å²) in [6.45, 7) is 6.28. The van der Waals surface area contributed by atoms with Crippen LogP contribution in [0.4, 0.5) is 5.82 Å². The summed E-state index contributed by atoms with van der Waals surface area (Å²) in [4.78, 5) is 7.35. The molecule has 1 aromatic rings. The smallest absolute Gasteiger partial charge is 0.126 e. The lowest BCUT2D eigenvalue weighted by Crippen LogP contribution is -2.36. The fraction of sp³-hybridized carbons (Fsp3) is 0.538. The Bertz CT molecular complexity index is 444. The van der Waals surface area contributed by atoms with Crippen molar-refractivity contribution in [2.24, 2.45) is 5.73 Å². The molecule has 1 aliphatic heterocycles. The van der Waals surface area contributed by atoms with Crippen LogP contribution in [0.25, 0.3) is 0 Å². The predicted octanol–water partition coefficient (Wildman–Crippen LogP) is 1.48. The summed E-state index contributed by atoms with van der Waals surface area (Å²) in [7, 11) is 0. The maximum Gasteiger partial charge on any atom is 0.126 e. The Morgan fingerprint density at radius 2 is 2.21 bits per heavy atom. The third-order valence-corrected chi connectivity index (χ3v) is 4.25. The van der Waals surface area contributed by atoms with E-state index >= 15 is 0 Å². The third-order valence-electron chi connectivity index (χ3n) is 3.08. The number of nitrogens with two attached hydrogens (primary N) is 1. The van der Waals surface area contributed by atoms with Crippen molar-refractivity contribution in [3.05, 3.63) is 23.4 Å². The van der Waals surface area contributed by atoms with Crippen molar-refractivity contribution in [1.29, 1.82) is 0 Å². The molecule has 0 aromatic carbocycles. The zero-order chi connectivity index (χ0) is 13.7. The van der Waals surface area contributed by atoms with E-state index in [2.05, 4.69) is 15.2 Å². The molecule has 2 heterocycles. The van der Waals surface area contributed by atoms with Gasteiger partial charge in [-0.2, -0.15) is 11.8 Å². The fourth-order valence-electron chi connectivity index (χ4n) is 2.07. The van der Waals surface area contributed by atoms with Crippen molar-refractivity contribution in [2.75, 3.05) is 43.0 Å². The van der Waals surface area contributed by atoms with Gasteiger partial charge in [-0.05, 0) is 19.1 Å². The van der Waals surface area contributed by atoms with Crippen molar-refractivity contribution in [2.45, 2.75) is 6.92 Å². The standard InChI is InChI=1S/C13H20N4S2/c1-10-8-11(13(14)18)9-12(16-10)15-2-3-17-4-6-19-7-5-17/h8-9H,2-7H2,1H3,(H2,14,18)(H,15,16). The van der Waals surface area contributed by atoms with Crippen LogP contribution in [0.3, 0.4) is 0 Å². The van der Waals surface area contributed by atoms with Gasteiger partial charge in [0.15, 0.2) is 0 Å². The quantitative estimate of drug-likeness (QED) is 0.803. The first-order valence-corrected chi connectivity index (χ1v) is 8.04. The molecule has 0 spiro atoms. The molecule has 0 saturated carbocycles. The van der Waals surface area contributed by atoms with E-state index in [9.17, 15) is 0 Å². The van der Waals surface area contributed by atoms with E-state index in [-0.39, 0.29) is 0 Å². The van der Waals surface area contributed by atoms with Crippen LogP contribution in [0.2, 0.25) is 0 Å². The molecule has 0 unspecified atom stereocenters. The summed E-state index contributed by atoms with van der Waals surface area (Å²) >= 11 is 7.04. The van der Waals surface area contributed by atoms with Crippen LogP contribution < -0.4 is 11.1 Å². The van der Waals surface area contributed by atoms with Crippen LogP contribution in [0.5, 0.6) is 0 Å². The highest BCUT2D eigenvalue weighted by Crippen LogP contribution is 2.11. The molecule has 1 aliphatic rings. The molecule has 6 heteroatoms. The molecule has 0 aliphatic carbocycles. The van der Waals surface area contributed by atoms with E-state index in [1.165, 1.54) is 24.6 Å². The van der Waals surface area contributed by atoms with Crippen molar-refractivity contribution in [3.8, 4) is 0 Å². The second-order valence-electron chi connectivity index (χ2n) is 4.63. The molecule has 1 aromatic heterocycles. The normalized spacial score (nSPS) is 16.3. The molecule has 0 radical (unpaired) electrons. The lowest BCUT2D eigenvalue weighted by atomic mass is 10.2. The number of anilines is 1. The number of aryl methyl sites for hydroxylation is 1. The number of pyridine rings is 1. The largest absolute Gasteiger partial charge is 0.389 e. The zero-order valence-corrected chi connectivity index (χ0v) is 12.8. The average Bonchev–Trinajstić information content (AvgIpc) is 2.39. The van der Waals surface area contributed by atoms with Gasteiger partial charge in [-0.3, -0.25) is 4.90 Å². The summed E-state index contributed by atoms with van der Waals surface area (Å²) in [6.07, 6.45) is 0.